The summed E-state index contributed by atoms with van der Waals surface area (Å²) in [6.07, 6.45) is 4.41. The van der Waals surface area contributed by atoms with E-state index < -0.39 is 5.60 Å². The number of anilines is 1. The van der Waals surface area contributed by atoms with Crippen LogP contribution in [-0.2, 0) is 10.3 Å². The standard InChI is InChI=1S/C22H21NO2S/c1-22(21-7-4-14-26-21)9-8-18-16-5-2-3-6-17(16)19(15-20(18)25-22)23-10-12-24-13-11-23/h2-9,14-15H,10-13H2,1H3. The van der Waals surface area contributed by atoms with Gasteiger partial charge in [0.25, 0.3) is 0 Å². The van der Waals surface area contributed by atoms with Gasteiger partial charge in [-0.25, -0.2) is 0 Å². The highest BCUT2D eigenvalue weighted by Gasteiger charge is 2.32. The highest BCUT2D eigenvalue weighted by atomic mass is 32.1. The lowest BCUT2D eigenvalue weighted by Crippen LogP contribution is -2.36. The Morgan fingerprint density at radius 2 is 1.85 bits per heavy atom. The highest BCUT2D eigenvalue weighted by molar-refractivity contribution is 7.10. The molecule has 3 aromatic rings. The molecule has 0 amide bonds. The van der Waals surface area contributed by atoms with Crippen LogP contribution in [0.4, 0.5) is 5.69 Å². The Balaban J connectivity index is 1.67. The summed E-state index contributed by atoms with van der Waals surface area (Å²) >= 11 is 1.74. The maximum atomic E-state index is 6.57. The second kappa shape index (κ2) is 6.15. The average Bonchev–Trinajstić information content (AvgIpc) is 3.23. The molecule has 0 spiro atoms. The lowest BCUT2D eigenvalue weighted by molar-refractivity contribution is 0.122. The third kappa shape index (κ3) is 2.52. The van der Waals surface area contributed by atoms with E-state index in [4.69, 9.17) is 9.47 Å². The van der Waals surface area contributed by atoms with Gasteiger partial charge in [-0.3, -0.25) is 0 Å². The molecule has 0 N–H and O–H groups in total. The van der Waals surface area contributed by atoms with Gasteiger partial charge in [-0.2, -0.15) is 0 Å². The average molecular weight is 363 g/mol. The fourth-order valence-electron chi connectivity index (χ4n) is 3.87. The number of fused-ring (bicyclic) bond motifs is 3. The third-order valence-corrected chi connectivity index (χ3v) is 6.37. The molecule has 2 aliphatic rings. The van der Waals surface area contributed by atoms with Crippen LogP contribution in [0, 0.1) is 0 Å². The molecule has 2 aliphatic heterocycles. The van der Waals surface area contributed by atoms with E-state index in [1.54, 1.807) is 11.3 Å². The first-order chi connectivity index (χ1) is 12.7. The van der Waals surface area contributed by atoms with Crippen molar-refractivity contribution < 1.29 is 9.47 Å². The van der Waals surface area contributed by atoms with Crippen molar-refractivity contribution in [3.05, 3.63) is 64.4 Å². The van der Waals surface area contributed by atoms with Gasteiger partial charge in [0, 0.05) is 35.8 Å². The molecule has 1 atom stereocenters. The number of morpholine rings is 1. The van der Waals surface area contributed by atoms with Crippen LogP contribution in [-0.4, -0.2) is 26.3 Å². The van der Waals surface area contributed by atoms with Gasteiger partial charge in [0.2, 0.25) is 0 Å². The zero-order chi connectivity index (χ0) is 17.6. The minimum Gasteiger partial charge on any atom is -0.477 e. The predicted molar refractivity (Wildman–Crippen MR) is 108 cm³/mol. The van der Waals surface area contributed by atoms with Crippen molar-refractivity contribution in [2.45, 2.75) is 12.5 Å². The summed E-state index contributed by atoms with van der Waals surface area (Å²) in [5.41, 5.74) is 2.00. The van der Waals surface area contributed by atoms with Crippen LogP contribution < -0.4 is 9.64 Å². The number of ether oxygens (including phenoxy) is 2. The van der Waals surface area contributed by atoms with Crippen LogP contribution in [0.2, 0.25) is 0 Å². The predicted octanol–water partition coefficient (Wildman–Crippen LogP) is 5.06. The normalized spacial score (nSPS) is 22.3. The van der Waals surface area contributed by atoms with Gasteiger partial charge < -0.3 is 14.4 Å². The minimum absolute atomic E-state index is 0.411. The fraction of sp³-hybridized carbons (Fsp3) is 0.273. The topological polar surface area (TPSA) is 21.7 Å². The number of thiophene rings is 1. The summed E-state index contributed by atoms with van der Waals surface area (Å²) < 4.78 is 12.1. The molecule has 132 valence electrons. The minimum atomic E-state index is -0.411. The zero-order valence-corrected chi connectivity index (χ0v) is 15.6. The summed E-state index contributed by atoms with van der Waals surface area (Å²) in [5, 5.41) is 4.63. The number of benzene rings is 2. The van der Waals surface area contributed by atoms with Crippen molar-refractivity contribution in [2.24, 2.45) is 0 Å². The van der Waals surface area contributed by atoms with Gasteiger partial charge in [0.05, 0.1) is 18.1 Å². The monoisotopic (exact) mass is 363 g/mol. The lowest BCUT2D eigenvalue weighted by Gasteiger charge is -2.34. The Morgan fingerprint density at radius 3 is 2.62 bits per heavy atom. The van der Waals surface area contributed by atoms with Crippen molar-refractivity contribution in [1.82, 2.24) is 0 Å². The summed E-state index contributed by atoms with van der Waals surface area (Å²) in [4.78, 5) is 3.64. The van der Waals surface area contributed by atoms with Gasteiger partial charge in [0.15, 0.2) is 5.60 Å². The molecular weight excluding hydrogens is 342 g/mol. The Bertz CT molecular complexity index is 973. The molecule has 5 rings (SSSR count). The molecule has 1 saturated heterocycles. The van der Waals surface area contributed by atoms with Crippen LogP contribution in [0.5, 0.6) is 5.75 Å². The van der Waals surface area contributed by atoms with Crippen LogP contribution in [0.25, 0.3) is 16.8 Å². The summed E-state index contributed by atoms with van der Waals surface area (Å²) in [6, 6.07) is 15.1. The molecule has 0 radical (unpaired) electrons. The molecule has 4 heteroatoms. The SMILES string of the molecule is CC1(c2cccs2)C=Cc2c(cc(N3CCOCC3)c3ccccc23)O1. The molecule has 1 unspecified atom stereocenters. The summed E-state index contributed by atoms with van der Waals surface area (Å²) in [5.74, 6) is 0.962. The van der Waals surface area contributed by atoms with Crippen molar-refractivity contribution in [3.8, 4) is 5.75 Å². The van der Waals surface area contributed by atoms with E-state index in [2.05, 4.69) is 71.8 Å². The summed E-state index contributed by atoms with van der Waals surface area (Å²) in [7, 11) is 0. The quantitative estimate of drug-likeness (QED) is 0.635. The number of hydrogen-bond donors (Lipinski definition) is 0. The molecule has 0 aliphatic carbocycles. The first-order valence-electron chi connectivity index (χ1n) is 9.05. The van der Waals surface area contributed by atoms with Crippen LogP contribution in [0.15, 0.2) is 53.9 Å². The third-order valence-electron chi connectivity index (χ3n) is 5.28. The van der Waals surface area contributed by atoms with Crippen molar-refractivity contribution in [3.63, 3.8) is 0 Å². The van der Waals surface area contributed by atoms with E-state index >= 15 is 0 Å². The smallest absolute Gasteiger partial charge is 0.159 e. The van der Waals surface area contributed by atoms with E-state index in [0.717, 1.165) is 32.1 Å². The molecule has 1 fully saturated rings. The van der Waals surface area contributed by atoms with Crippen LogP contribution in [0.3, 0.4) is 0 Å². The van der Waals surface area contributed by atoms with Crippen molar-refractivity contribution in [1.29, 1.82) is 0 Å². The van der Waals surface area contributed by atoms with Gasteiger partial charge in [0.1, 0.15) is 5.75 Å². The molecule has 2 aromatic carbocycles. The maximum Gasteiger partial charge on any atom is 0.159 e. The number of hydrogen-bond acceptors (Lipinski definition) is 4. The van der Waals surface area contributed by atoms with E-state index in [0.29, 0.717) is 0 Å². The zero-order valence-electron chi connectivity index (χ0n) is 14.8. The highest BCUT2D eigenvalue weighted by Crippen LogP contribution is 2.44. The molecular formula is C22H21NO2S. The molecule has 26 heavy (non-hydrogen) atoms. The largest absolute Gasteiger partial charge is 0.477 e. The summed E-state index contributed by atoms with van der Waals surface area (Å²) in [6.45, 7) is 5.53. The Labute approximate surface area is 157 Å². The van der Waals surface area contributed by atoms with Gasteiger partial charge in [-0.05, 0) is 29.8 Å². The van der Waals surface area contributed by atoms with E-state index in [-0.39, 0.29) is 0 Å². The molecule has 3 heterocycles. The Morgan fingerprint density at radius 1 is 1.04 bits per heavy atom. The number of nitrogens with zero attached hydrogens (tertiary/aromatic N) is 1. The van der Waals surface area contributed by atoms with Crippen LogP contribution >= 0.6 is 11.3 Å². The van der Waals surface area contributed by atoms with Crippen molar-refractivity contribution >= 4 is 33.9 Å². The first kappa shape index (κ1) is 15.9. The molecule has 3 nitrogen and oxygen atoms in total. The first-order valence-corrected chi connectivity index (χ1v) is 9.93. The van der Waals surface area contributed by atoms with Gasteiger partial charge in [-0.1, -0.05) is 36.4 Å². The maximum absolute atomic E-state index is 6.57. The van der Waals surface area contributed by atoms with E-state index in [1.807, 2.05) is 0 Å². The van der Waals surface area contributed by atoms with Gasteiger partial charge in [-0.15, -0.1) is 11.3 Å². The molecule has 1 aromatic heterocycles. The van der Waals surface area contributed by atoms with Gasteiger partial charge >= 0.3 is 0 Å². The molecule has 0 bridgehead atoms. The fourth-order valence-corrected chi connectivity index (χ4v) is 4.68. The second-order valence-corrected chi connectivity index (χ2v) is 7.92. The Hall–Kier alpha value is -2.30. The Kier molecular flexibility index (Phi) is 3.76. The molecule has 0 saturated carbocycles. The van der Waals surface area contributed by atoms with E-state index in [1.165, 1.54) is 26.9 Å². The number of rotatable bonds is 2. The van der Waals surface area contributed by atoms with E-state index in [9.17, 15) is 0 Å². The second-order valence-electron chi connectivity index (χ2n) is 6.97. The van der Waals surface area contributed by atoms with Crippen LogP contribution in [0.1, 0.15) is 17.4 Å². The lowest BCUT2D eigenvalue weighted by atomic mass is 9.94. The van der Waals surface area contributed by atoms with Crippen molar-refractivity contribution in [2.75, 3.05) is 31.2 Å².